The molecule has 0 heterocycles. The summed E-state index contributed by atoms with van der Waals surface area (Å²) in [4.78, 5) is 25.3. The first-order chi connectivity index (χ1) is 8.91. The van der Waals surface area contributed by atoms with E-state index in [2.05, 4.69) is 0 Å². The van der Waals surface area contributed by atoms with Crippen LogP contribution in [-0.4, -0.2) is 72.9 Å². The molecule has 0 bridgehead atoms. The zero-order chi connectivity index (χ0) is 16.1. The molecule has 0 saturated carbocycles. The Balaban J connectivity index is 4.67. The molecule has 20 heavy (non-hydrogen) atoms. The zero-order valence-electron chi connectivity index (χ0n) is 11.9. The molecule has 0 rings (SSSR count). The van der Waals surface area contributed by atoms with Gasteiger partial charge in [0.05, 0.1) is 0 Å². The summed E-state index contributed by atoms with van der Waals surface area (Å²) >= 11 is 0. The first-order valence-electron chi connectivity index (χ1n) is 5.90. The largest absolute Gasteiger partial charge is 0.479 e. The van der Waals surface area contributed by atoms with Gasteiger partial charge in [0, 0.05) is 13.6 Å². The van der Waals surface area contributed by atoms with Gasteiger partial charge in [-0.1, -0.05) is 0 Å². The number of alkyl halides is 3. The summed E-state index contributed by atoms with van der Waals surface area (Å²) in [5.74, 6) is -2.15. The number of carboxylic acids is 1. The van der Waals surface area contributed by atoms with Crippen molar-refractivity contribution >= 4 is 12.0 Å². The van der Waals surface area contributed by atoms with E-state index in [9.17, 15) is 22.8 Å². The lowest BCUT2D eigenvalue weighted by Gasteiger charge is -2.30. The monoisotopic (exact) mass is 299 g/mol. The van der Waals surface area contributed by atoms with Crippen molar-refractivity contribution in [3.63, 3.8) is 0 Å². The van der Waals surface area contributed by atoms with Crippen molar-refractivity contribution in [3.8, 4) is 0 Å². The van der Waals surface area contributed by atoms with E-state index in [1.165, 1.54) is 12.4 Å². The molecule has 0 radical (unpaired) electrons. The predicted molar refractivity (Wildman–Crippen MR) is 66.4 cm³/mol. The van der Waals surface area contributed by atoms with Crippen molar-refractivity contribution in [2.24, 2.45) is 0 Å². The summed E-state index contributed by atoms with van der Waals surface area (Å²) in [5.41, 5.74) is -3.31. The fraction of sp³-hybridized carbons (Fsp3) is 0.818. The third-order valence-corrected chi connectivity index (χ3v) is 2.80. The predicted octanol–water partition coefficient (Wildman–Crippen LogP) is 0.985. The van der Waals surface area contributed by atoms with Crippen LogP contribution in [0.1, 0.15) is 13.3 Å². The third-order valence-electron chi connectivity index (χ3n) is 2.80. The summed E-state index contributed by atoms with van der Waals surface area (Å²) in [7, 11) is 4.96. The van der Waals surface area contributed by atoms with Crippen LogP contribution in [0.4, 0.5) is 18.0 Å². The van der Waals surface area contributed by atoms with Crippen molar-refractivity contribution in [3.05, 3.63) is 0 Å². The number of halogens is 3. The molecule has 0 aromatic heterocycles. The number of nitrogens with zero attached hydrogens (tertiary/aromatic N) is 2. The number of aliphatic carboxylic acids is 1. The number of amides is 2. The molecule has 0 aromatic carbocycles. The van der Waals surface area contributed by atoms with E-state index in [1.807, 2.05) is 19.0 Å². The van der Waals surface area contributed by atoms with Crippen LogP contribution < -0.4 is 5.32 Å². The highest BCUT2D eigenvalue weighted by atomic mass is 19.4. The van der Waals surface area contributed by atoms with E-state index in [4.69, 9.17) is 5.11 Å². The third kappa shape index (κ3) is 4.87. The van der Waals surface area contributed by atoms with Gasteiger partial charge in [-0.25, -0.2) is 9.59 Å². The molecule has 0 aliphatic rings. The van der Waals surface area contributed by atoms with Gasteiger partial charge in [0.25, 0.3) is 0 Å². The first-order valence-corrected chi connectivity index (χ1v) is 5.90. The summed E-state index contributed by atoms with van der Waals surface area (Å²) < 4.78 is 38.1. The van der Waals surface area contributed by atoms with Crippen LogP contribution in [0, 0.1) is 0 Å². The number of hydrogen-bond acceptors (Lipinski definition) is 3. The zero-order valence-corrected chi connectivity index (χ0v) is 11.9. The lowest BCUT2D eigenvalue weighted by Crippen LogP contribution is -2.63. The number of carbonyl (C=O) groups excluding carboxylic acids is 1. The second-order valence-corrected chi connectivity index (χ2v) is 4.94. The molecule has 6 nitrogen and oxygen atoms in total. The van der Waals surface area contributed by atoms with Gasteiger partial charge < -0.3 is 20.2 Å². The number of carboxylic acid groups (broad SMARTS) is 1. The maximum Gasteiger partial charge on any atom is 0.422 e. The Hall–Kier alpha value is -1.51. The summed E-state index contributed by atoms with van der Waals surface area (Å²) in [6.07, 6.45) is -4.52. The van der Waals surface area contributed by atoms with Crippen molar-refractivity contribution in [1.29, 1.82) is 0 Å². The summed E-state index contributed by atoms with van der Waals surface area (Å²) in [6.45, 7) is 1.30. The fourth-order valence-corrected chi connectivity index (χ4v) is 1.28. The Kier molecular flexibility index (Phi) is 6.27. The van der Waals surface area contributed by atoms with Crippen LogP contribution in [0.3, 0.4) is 0 Å². The molecule has 0 aromatic rings. The molecule has 0 spiro atoms. The molecule has 0 saturated heterocycles. The number of hydrogen-bond donors (Lipinski definition) is 2. The van der Waals surface area contributed by atoms with Crippen LogP contribution >= 0.6 is 0 Å². The first kappa shape index (κ1) is 18.5. The molecule has 0 aliphatic heterocycles. The van der Waals surface area contributed by atoms with Crippen LogP contribution in [-0.2, 0) is 4.79 Å². The second-order valence-electron chi connectivity index (χ2n) is 4.94. The van der Waals surface area contributed by atoms with Crippen molar-refractivity contribution < 1.29 is 27.9 Å². The van der Waals surface area contributed by atoms with Crippen LogP contribution in [0.15, 0.2) is 0 Å². The molecule has 9 heteroatoms. The van der Waals surface area contributed by atoms with Gasteiger partial charge in [-0.3, -0.25) is 0 Å². The Morgan fingerprint density at radius 2 is 1.65 bits per heavy atom. The average Bonchev–Trinajstić information content (AvgIpc) is 2.26. The SMILES string of the molecule is CN(C)CCCN(C)C(=O)NC(C)(C(=O)O)C(F)(F)F. The number of carbonyl (C=O) groups is 2. The van der Waals surface area contributed by atoms with Crippen molar-refractivity contribution in [2.45, 2.75) is 25.1 Å². The Morgan fingerprint density at radius 1 is 1.15 bits per heavy atom. The molecule has 1 unspecified atom stereocenters. The second kappa shape index (κ2) is 6.78. The lowest BCUT2D eigenvalue weighted by atomic mass is 10.0. The molecular weight excluding hydrogens is 279 g/mol. The Morgan fingerprint density at radius 3 is 2.00 bits per heavy atom. The maximum absolute atomic E-state index is 12.7. The molecule has 2 amide bonds. The Bertz CT molecular complexity index is 361. The number of nitrogens with one attached hydrogen (secondary N) is 1. The Labute approximate surface area is 115 Å². The van der Waals surface area contributed by atoms with Gasteiger partial charge in [0.1, 0.15) is 0 Å². The van der Waals surface area contributed by atoms with Gasteiger partial charge >= 0.3 is 18.2 Å². The molecular formula is C11H20F3N3O3. The molecule has 118 valence electrons. The molecule has 0 fully saturated rings. The minimum absolute atomic E-state index is 0.220. The van der Waals surface area contributed by atoms with E-state index < -0.39 is 23.7 Å². The van der Waals surface area contributed by atoms with Crippen molar-refractivity contribution in [1.82, 2.24) is 15.1 Å². The minimum Gasteiger partial charge on any atom is -0.479 e. The van der Waals surface area contributed by atoms with Gasteiger partial charge in [0.2, 0.25) is 5.54 Å². The number of urea groups is 1. The van der Waals surface area contributed by atoms with E-state index in [1.54, 1.807) is 0 Å². The van der Waals surface area contributed by atoms with Gasteiger partial charge in [-0.2, -0.15) is 13.2 Å². The quantitative estimate of drug-likeness (QED) is 0.767. The van der Waals surface area contributed by atoms with Crippen molar-refractivity contribution in [2.75, 3.05) is 34.2 Å². The summed E-state index contributed by atoms with van der Waals surface area (Å²) in [5, 5.41) is 10.2. The normalized spacial score (nSPS) is 14.8. The summed E-state index contributed by atoms with van der Waals surface area (Å²) in [6, 6.07) is -1.08. The standard InChI is InChI=1S/C11H20F3N3O3/c1-10(8(18)19,11(12,13)14)15-9(20)17(4)7-5-6-16(2)3/h5-7H2,1-4H3,(H,15,20)(H,18,19). The highest BCUT2D eigenvalue weighted by molar-refractivity contribution is 5.86. The van der Waals surface area contributed by atoms with Crippen LogP contribution in [0.25, 0.3) is 0 Å². The maximum atomic E-state index is 12.7. The van der Waals surface area contributed by atoms with Crippen LogP contribution in [0.2, 0.25) is 0 Å². The molecule has 2 N–H and O–H groups in total. The molecule has 0 aliphatic carbocycles. The van der Waals surface area contributed by atoms with Gasteiger partial charge in [-0.05, 0) is 34.0 Å². The van der Waals surface area contributed by atoms with Gasteiger partial charge in [0.15, 0.2) is 0 Å². The lowest BCUT2D eigenvalue weighted by molar-refractivity contribution is -0.203. The fourth-order valence-electron chi connectivity index (χ4n) is 1.28. The molecule has 1 atom stereocenters. The van der Waals surface area contributed by atoms with E-state index in [0.29, 0.717) is 19.9 Å². The minimum atomic E-state index is -5.08. The van der Waals surface area contributed by atoms with Crippen LogP contribution in [0.5, 0.6) is 0 Å². The smallest absolute Gasteiger partial charge is 0.422 e. The van der Waals surface area contributed by atoms with Gasteiger partial charge in [-0.15, -0.1) is 0 Å². The average molecular weight is 299 g/mol. The van der Waals surface area contributed by atoms with E-state index in [-0.39, 0.29) is 6.54 Å². The topological polar surface area (TPSA) is 72.9 Å². The highest BCUT2D eigenvalue weighted by Crippen LogP contribution is 2.30. The highest BCUT2D eigenvalue weighted by Gasteiger charge is 2.58. The van der Waals surface area contributed by atoms with E-state index >= 15 is 0 Å². The van der Waals surface area contributed by atoms with E-state index in [0.717, 1.165) is 4.90 Å². The number of rotatable bonds is 6.